The van der Waals surface area contributed by atoms with Gasteiger partial charge in [-0.2, -0.15) is 0 Å². The molecule has 0 amide bonds. The Kier molecular flexibility index (Phi) is 3.62. The molecule has 3 heterocycles. The van der Waals surface area contributed by atoms with E-state index >= 15 is 0 Å². The summed E-state index contributed by atoms with van der Waals surface area (Å²) in [5, 5.41) is 1.05. The van der Waals surface area contributed by atoms with E-state index in [2.05, 4.69) is 44.0 Å². The zero-order chi connectivity index (χ0) is 17.7. The van der Waals surface area contributed by atoms with E-state index in [4.69, 9.17) is 11.6 Å². The molecule has 2 aliphatic heterocycles. The van der Waals surface area contributed by atoms with Crippen LogP contribution in [0.4, 0.5) is 10.2 Å². The van der Waals surface area contributed by atoms with Crippen molar-refractivity contribution in [1.29, 1.82) is 0 Å². The lowest BCUT2D eigenvalue weighted by Crippen LogP contribution is -2.76. The van der Waals surface area contributed by atoms with Crippen molar-refractivity contribution in [2.24, 2.45) is 0 Å². The Balaban J connectivity index is 1.38. The summed E-state index contributed by atoms with van der Waals surface area (Å²) in [4.78, 5) is 13.2. The van der Waals surface area contributed by atoms with Gasteiger partial charge < -0.3 is 4.90 Å². The van der Waals surface area contributed by atoms with E-state index < -0.39 is 5.82 Å². The molecule has 1 aromatic heterocycles. The van der Waals surface area contributed by atoms with Gasteiger partial charge in [-0.3, -0.25) is 4.90 Å². The van der Waals surface area contributed by atoms with Crippen LogP contribution in [0, 0.1) is 5.82 Å². The largest absolute Gasteiger partial charge is 0.352 e. The van der Waals surface area contributed by atoms with Crippen LogP contribution in [0.15, 0.2) is 48.8 Å². The zero-order valence-corrected chi connectivity index (χ0v) is 15.0. The third-order valence-electron chi connectivity index (χ3n) is 5.64. The molecule has 2 fully saturated rings. The van der Waals surface area contributed by atoms with Gasteiger partial charge in [0.2, 0.25) is 0 Å². The van der Waals surface area contributed by atoms with Gasteiger partial charge in [-0.25, -0.2) is 14.4 Å². The van der Waals surface area contributed by atoms with Gasteiger partial charge in [0.1, 0.15) is 17.7 Å². The van der Waals surface area contributed by atoms with Crippen molar-refractivity contribution >= 4 is 28.3 Å². The predicted octanol–water partition coefficient (Wildman–Crippen LogP) is 3.89. The van der Waals surface area contributed by atoms with E-state index in [1.807, 2.05) is 6.07 Å². The Hall–Kier alpha value is -2.24. The highest BCUT2D eigenvalue weighted by Gasteiger charge is 2.53. The lowest BCUT2D eigenvalue weighted by atomic mass is 9.77. The van der Waals surface area contributed by atoms with E-state index in [-0.39, 0.29) is 5.54 Å². The highest BCUT2D eigenvalue weighted by atomic mass is 35.5. The van der Waals surface area contributed by atoms with Gasteiger partial charge in [-0.15, -0.1) is 0 Å². The molecular formula is C20H18ClFN4. The summed E-state index contributed by atoms with van der Waals surface area (Å²) in [6.45, 7) is 3.90. The molecule has 2 aromatic carbocycles. The standard InChI is InChI=1S/C20H18ClFN4/c21-15-8-16-18(17(22)9-15)23-13-24-19(16)25-11-20(12-25)6-7-26(20)10-14-4-2-1-3-5-14/h1-5,8-9,13H,6-7,10-12H2. The highest BCUT2D eigenvalue weighted by molar-refractivity contribution is 6.31. The molecule has 0 N–H and O–H groups in total. The Bertz CT molecular complexity index is 972. The summed E-state index contributed by atoms with van der Waals surface area (Å²) in [7, 11) is 0. The van der Waals surface area contributed by atoms with Crippen LogP contribution >= 0.6 is 11.6 Å². The number of aromatic nitrogens is 2. The number of rotatable bonds is 3. The smallest absolute Gasteiger partial charge is 0.151 e. The quantitative estimate of drug-likeness (QED) is 0.702. The van der Waals surface area contributed by atoms with E-state index in [1.54, 1.807) is 6.07 Å². The van der Waals surface area contributed by atoms with Crippen molar-refractivity contribution in [2.75, 3.05) is 24.5 Å². The molecule has 0 bridgehead atoms. The molecule has 2 aliphatic rings. The van der Waals surface area contributed by atoms with E-state index in [1.165, 1.54) is 24.4 Å². The fourth-order valence-corrected chi connectivity index (χ4v) is 4.34. The van der Waals surface area contributed by atoms with Gasteiger partial charge in [0.15, 0.2) is 5.82 Å². The number of nitrogens with zero attached hydrogens (tertiary/aromatic N) is 4. The van der Waals surface area contributed by atoms with Gasteiger partial charge in [0, 0.05) is 36.6 Å². The minimum Gasteiger partial charge on any atom is -0.352 e. The highest BCUT2D eigenvalue weighted by Crippen LogP contribution is 2.43. The molecule has 3 aromatic rings. The second-order valence-corrected chi connectivity index (χ2v) is 7.66. The topological polar surface area (TPSA) is 32.3 Å². The predicted molar refractivity (Wildman–Crippen MR) is 101 cm³/mol. The van der Waals surface area contributed by atoms with Gasteiger partial charge in [-0.1, -0.05) is 41.9 Å². The molecule has 0 unspecified atom stereocenters. The summed E-state index contributed by atoms with van der Waals surface area (Å²) in [6, 6.07) is 13.6. The number of halogens is 2. The number of hydrogen-bond donors (Lipinski definition) is 0. The molecule has 132 valence electrons. The SMILES string of the molecule is Fc1cc(Cl)cc2c(N3CC4(CCN4Cc4ccccc4)C3)ncnc12. The monoisotopic (exact) mass is 368 g/mol. The van der Waals surface area contributed by atoms with Crippen LogP contribution in [0.25, 0.3) is 10.9 Å². The first kappa shape index (κ1) is 16.0. The first-order valence-electron chi connectivity index (χ1n) is 8.78. The van der Waals surface area contributed by atoms with Crippen LogP contribution in [0.2, 0.25) is 5.02 Å². The normalized spacial score (nSPS) is 18.8. The zero-order valence-electron chi connectivity index (χ0n) is 14.2. The Morgan fingerprint density at radius 3 is 2.65 bits per heavy atom. The molecule has 0 saturated carbocycles. The summed E-state index contributed by atoms with van der Waals surface area (Å²) in [5.74, 6) is 0.370. The minimum atomic E-state index is -0.402. The fourth-order valence-electron chi connectivity index (χ4n) is 4.14. The lowest BCUT2D eigenvalue weighted by molar-refractivity contribution is -0.0432. The summed E-state index contributed by atoms with van der Waals surface area (Å²) in [6.07, 6.45) is 2.62. The van der Waals surface area contributed by atoms with Crippen molar-refractivity contribution < 1.29 is 4.39 Å². The molecule has 5 rings (SSSR count). The molecule has 4 nitrogen and oxygen atoms in total. The van der Waals surface area contributed by atoms with E-state index in [0.717, 1.165) is 32.0 Å². The maximum absolute atomic E-state index is 14.1. The average Bonchev–Trinajstić information content (AvgIpc) is 2.59. The molecule has 0 aliphatic carbocycles. The Labute approximate surface area is 156 Å². The van der Waals surface area contributed by atoms with Crippen molar-refractivity contribution in [3.63, 3.8) is 0 Å². The van der Waals surface area contributed by atoms with Crippen LogP contribution in [0.5, 0.6) is 0 Å². The minimum absolute atomic E-state index is 0.213. The van der Waals surface area contributed by atoms with Crippen molar-refractivity contribution in [1.82, 2.24) is 14.9 Å². The lowest BCUT2D eigenvalue weighted by Gasteiger charge is -2.63. The van der Waals surface area contributed by atoms with Gasteiger partial charge >= 0.3 is 0 Å². The maximum atomic E-state index is 14.1. The summed E-state index contributed by atoms with van der Waals surface area (Å²) in [5.41, 5.74) is 1.88. The molecular weight excluding hydrogens is 351 g/mol. The van der Waals surface area contributed by atoms with Crippen LogP contribution in [0.3, 0.4) is 0 Å². The van der Waals surface area contributed by atoms with Crippen molar-refractivity contribution in [3.8, 4) is 0 Å². The molecule has 0 radical (unpaired) electrons. The number of benzene rings is 2. The van der Waals surface area contributed by atoms with Crippen molar-refractivity contribution in [2.45, 2.75) is 18.5 Å². The molecule has 1 spiro atoms. The van der Waals surface area contributed by atoms with Crippen molar-refractivity contribution in [3.05, 3.63) is 65.2 Å². The molecule has 2 saturated heterocycles. The van der Waals surface area contributed by atoms with Crippen LogP contribution < -0.4 is 4.90 Å². The van der Waals surface area contributed by atoms with E-state index in [9.17, 15) is 4.39 Å². The average molecular weight is 369 g/mol. The molecule has 0 atom stereocenters. The third-order valence-corrected chi connectivity index (χ3v) is 5.86. The first-order valence-corrected chi connectivity index (χ1v) is 9.16. The van der Waals surface area contributed by atoms with Crippen LogP contribution in [-0.4, -0.2) is 40.0 Å². The van der Waals surface area contributed by atoms with Crippen LogP contribution in [0.1, 0.15) is 12.0 Å². The number of anilines is 1. The number of likely N-dealkylation sites (tertiary alicyclic amines) is 1. The van der Waals surface area contributed by atoms with Gasteiger partial charge in [-0.05, 0) is 24.1 Å². The summed E-state index contributed by atoms with van der Waals surface area (Å²) < 4.78 is 14.1. The second kappa shape index (κ2) is 5.89. The maximum Gasteiger partial charge on any atom is 0.151 e. The number of hydrogen-bond acceptors (Lipinski definition) is 4. The first-order chi connectivity index (χ1) is 12.6. The Morgan fingerprint density at radius 1 is 1.12 bits per heavy atom. The third kappa shape index (κ3) is 2.46. The van der Waals surface area contributed by atoms with Gasteiger partial charge in [0.05, 0.1) is 5.54 Å². The Morgan fingerprint density at radius 2 is 1.92 bits per heavy atom. The van der Waals surface area contributed by atoms with E-state index in [0.29, 0.717) is 15.9 Å². The fraction of sp³-hybridized carbons (Fsp3) is 0.300. The second-order valence-electron chi connectivity index (χ2n) is 7.22. The van der Waals surface area contributed by atoms with Crippen LogP contribution in [-0.2, 0) is 6.54 Å². The van der Waals surface area contributed by atoms with Gasteiger partial charge in [0.25, 0.3) is 0 Å². The molecule has 26 heavy (non-hydrogen) atoms. The number of fused-ring (bicyclic) bond motifs is 1. The molecule has 6 heteroatoms. The summed E-state index contributed by atoms with van der Waals surface area (Å²) >= 11 is 6.05.